The van der Waals surface area contributed by atoms with E-state index < -0.39 is 0 Å². The van der Waals surface area contributed by atoms with Gasteiger partial charge in [0.1, 0.15) is 11.0 Å². The average Bonchev–Trinajstić information content (AvgIpc) is 2.56. The first-order valence-electron chi connectivity index (χ1n) is 8.18. The van der Waals surface area contributed by atoms with E-state index in [1.807, 2.05) is 19.1 Å². The van der Waals surface area contributed by atoms with Gasteiger partial charge in [0, 0.05) is 18.6 Å². The molecule has 0 aliphatic carbocycles. The normalized spacial score (nSPS) is 16.6. The molecule has 0 saturated carbocycles. The number of nitrogens with one attached hydrogen (secondary N) is 1. The molecule has 0 bridgehead atoms. The van der Waals surface area contributed by atoms with Crippen LogP contribution in [0.2, 0.25) is 10.2 Å². The molecule has 25 heavy (non-hydrogen) atoms. The number of benzene rings is 1. The fourth-order valence-electron chi connectivity index (χ4n) is 3.08. The van der Waals surface area contributed by atoms with Gasteiger partial charge in [0.2, 0.25) is 0 Å². The van der Waals surface area contributed by atoms with Gasteiger partial charge < -0.3 is 10.2 Å². The van der Waals surface area contributed by atoms with Crippen LogP contribution in [0.1, 0.15) is 35.7 Å². The van der Waals surface area contributed by atoms with Crippen molar-refractivity contribution in [3.63, 3.8) is 0 Å². The van der Waals surface area contributed by atoms with Gasteiger partial charge in [-0.15, -0.1) is 0 Å². The standard InChI is InChI=1S/C18H20Cl2N4O/c1-12-4-3-5-13(19)16(12)17(25)23-18(2)6-8-24(9-7-18)15-11-21-14(20)10-22-15/h3-5,10-11H,6-9H2,1-2H3,(H,23,25). The lowest BCUT2D eigenvalue weighted by molar-refractivity contribution is 0.0891. The Morgan fingerprint density at radius 1 is 1.20 bits per heavy atom. The van der Waals surface area contributed by atoms with Crippen molar-refractivity contribution in [3.8, 4) is 0 Å². The second kappa shape index (κ2) is 7.18. The fraction of sp³-hybridized carbons (Fsp3) is 0.389. The van der Waals surface area contributed by atoms with E-state index in [1.165, 1.54) is 0 Å². The number of aryl methyl sites for hydroxylation is 1. The van der Waals surface area contributed by atoms with Crippen molar-refractivity contribution >= 4 is 34.9 Å². The zero-order valence-corrected chi connectivity index (χ0v) is 15.7. The molecule has 1 saturated heterocycles. The summed E-state index contributed by atoms with van der Waals surface area (Å²) in [6, 6.07) is 5.49. The van der Waals surface area contributed by atoms with E-state index in [2.05, 4.69) is 27.1 Å². The van der Waals surface area contributed by atoms with Crippen molar-refractivity contribution in [1.82, 2.24) is 15.3 Å². The Hall–Kier alpha value is -1.85. The molecule has 0 atom stereocenters. The molecule has 1 amide bonds. The van der Waals surface area contributed by atoms with E-state index >= 15 is 0 Å². The summed E-state index contributed by atoms with van der Waals surface area (Å²) < 4.78 is 0. The van der Waals surface area contributed by atoms with Crippen molar-refractivity contribution in [2.75, 3.05) is 18.0 Å². The summed E-state index contributed by atoms with van der Waals surface area (Å²) in [5.41, 5.74) is 1.15. The van der Waals surface area contributed by atoms with Gasteiger partial charge in [0.15, 0.2) is 0 Å². The molecule has 7 heteroatoms. The number of carbonyl (C=O) groups is 1. The van der Waals surface area contributed by atoms with E-state index in [0.717, 1.165) is 37.3 Å². The highest BCUT2D eigenvalue weighted by atomic mass is 35.5. The molecule has 0 radical (unpaired) electrons. The summed E-state index contributed by atoms with van der Waals surface area (Å²) in [4.78, 5) is 23.2. The van der Waals surface area contributed by atoms with Crippen LogP contribution < -0.4 is 10.2 Å². The summed E-state index contributed by atoms with van der Waals surface area (Å²) in [5.74, 6) is 0.685. The monoisotopic (exact) mass is 378 g/mol. The Morgan fingerprint density at radius 2 is 1.92 bits per heavy atom. The van der Waals surface area contributed by atoms with Crippen molar-refractivity contribution in [1.29, 1.82) is 0 Å². The third-order valence-electron chi connectivity index (χ3n) is 4.66. The first-order valence-corrected chi connectivity index (χ1v) is 8.94. The zero-order chi connectivity index (χ0) is 18.0. The largest absolute Gasteiger partial charge is 0.355 e. The minimum atomic E-state index is -0.279. The van der Waals surface area contributed by atoms with Crippen LogP contribution in [0.3, 0.4) is 0 Å². The lowest BCUT2D eigenvalue weighted by Gasteiger charge is -2.40. The maximum Gasteiger partial charge on any atom is 0.253 e. The number of rotatable bonds is 3. The van der Waals surface area contributed by atoms with Crippen LogP contribution in [0.25, 0.3) is 0 Å². The van der Waals surface area contributed by atoms with Crippen LogP contribution in [-0.2, 0) is 0 Å². The lowest BCUT2D eigenvalue weighted by atomic mass is 9.89. The second-order valence-corrected chi connectivity index (χ2v) is 7.43. The van der Waals surface area contributed by atoms with Gasteiger partial charge in [0.05, 0.1) is 23.0 Å². The molecule has 1 fully saturated rings. The van der Waals surface area contributed by atoms with Crippen LogP contribution in [0, 0.1) is 6.92 Å². The first kappa shape index (κ1) is 18.0. The van der Waals surface area contributed by atoms with Gasteiger partial charge in [-0.2, -0.15) is 0 Å². The van der Waals surface area contributed by atoms with Gasteiger partial charge in [-0.25, -0.2) is 9.97 Å². The van der Waals surface area contributed by atoms with Crippen molar-refractivity contribution in [2.24, 2.45) is 0 Å². The minimum Gasteiger partial charge on any atom is -0.355 e. The minimum absolute atomic E-state index is 0.120. The molecule has 3 rings (SSSR count). The molecule has 1 N–H and O–H groups in total. The topological polar surface area (TPSA) is 58.1 Å². The smallest absolute Gasteiger partial charge is 0.253 e. The van der Waals surface area contributed by atoms with Crippen molar-refractivity contribution in [2.45, 2.75) is 32.2 Å². The predicted octanol–water partition coefficient (Wildman–Crippen LogP) is 3.88. The number of anilines is 1. The maximum absolute atomic E-state index is 12.7. The van der Waals surface area contributed by atoms with E-state index in [1.54, 1.807) is 18.5 Å². The number of piperidine rings is 1. The van der Waals surface area contributed by atoms with Crippen molar-refractivity contribution in [3.05, 3.63) is 51.9 Å². The van der Waals surface area contributed by atoms with Crippen LogP contribution in [0.4, 0.5) is 5.82 Å². The molecule has 2 aromatic rings. The van der Waals surface area contributed by atoms with Crippen LogP contribution in [0.15, 0.2) is 30.6 Å². The summed E-state index contributed by atoms with van der Waals surface area (Å²) in [7, 11) is 0. The lowest BCUT2D eigenvalue weighted by Crippen LogP contribution is -2.53. The number of aromatic nitrogens is 2. The molecule has 1 aromatic carbocycles. The van der Waals surface area contributed by atoms with Gasteiger partial charge in [-0.1, -0.05) is 35.3 Å². The second-order valence-electron chi connectivity index (χ2n) is 6.63. The number of nitrogens with zero attached hydrogens (tertiary/aromatic N) is 3. The Bertz CT molecular complexity index is 751. The highest BCUT2D eigenvalue weighted by Gasteiger charge is 2.33. The first-order chi connectivity index (χ1) is 11.9. The number of carbonyl (C=O) groups excluding carboxylic acids is 1. The predicted molar refractivity (Wildman–Crippen MR) is 101 cm³/mol. The molecule has 2 heterocycles. The summed E-state index contributed by atoms with van der Waals surface area (Å²) in [5, 5.41) is 4.03. The number of amides is 1. The SMILES string of the molecule is Cc1cccc(Cl)c1C(=O)NC1(C)CCN(c2cnc(Cl)cn2)CC1. The van der Waals surface area contributed by atoms with Crippen LogP contribution >= 0.6 is 23.2 Å². The Labute approximate surface area is 157 Å². The number of hydrogen-bond donors (Lipinski definition) is 1. The highest BCUT2D eigenvalue weighted by Crippen LogP contribution is 2.27. The zero-order valence-electron chi connectivity index (χ0n) is 14.2. The molecule has 5 nitrogen and oxygen atoms in total. The number of hydrogen-bond acceptors (Lipinski definition) is 4. The molecule has 0 spiro atoms. The third kappa shape index (κ3) is 4.05. The van der Waals surface area contributed by atoms with Gasteiger partial charge in [-0.3, -0.25) is 4.79 Å². The number of halogens is 2. The Morgan fingerprint density at radius 3 is 2.52 bits per heavy atom. The Kier molecular flexibility index (Phi) is 5.16. The molecule has 1 aliphatic heterocycles. The molecule has 1 aliphatic rings. The van der Waals surface area contributed by atoms with Crippen LogP contribution in [-0.4, -0.2) is 34.5 Å². The van der Waals surface area contributed by atoms with E-state index in [-0.39, 0.29) is 11.4 Å². The summed E-state index contributed by atoms with van der Waals surface area (Å²) in [6.07, 6.45) is 4.85. The molecular formula is C18H20Cl2N4O. The highest BCUT2D eigenvalue weighted by molar-refractivity contribution is 6.34. The van der Waals surface area contributed by atoms with E-state index in [0.29, 0.717) is 15.7 Å². The third-order valence-corrected chi connectivity index (χ3v) is 5.17. The molecule has 1 aromatic heterocycles. The summed E-state index contributed by atoms with van der Waals surface area (Å²) >= 11 is 12.0. The summed E-state index contributed by atoms with van der Waals surface area (Å²) in [6.45, 7) is 5.54. The maximum atomic E-state index is 12.7. The molecule has 0 unspecified atom stereocenters. The van der Waals surface area contributed by atoms with Gasteiger partial charge in [-0.05, 0) is 38.3 Å². The van der Waals surface area contributed by atoms with Crippen LogP contribution in [0.5, 0.6) is 0 Å². The fourth-order valence-corrected chi connectivity index (χ4v) is 3.48. The van der Waals surface area contributed by atoms with Gasteiger partial charge in [0.25, 0.3) is 5.91 Å². The van der Waals surface area contributed by atoms with E-state index in [9.17, 15) is 4.79 Å². The van der Waals surface area contributed by atoms with Gasteiger partial charge >= 0.3 is 0 Å². The molecule has 132 valence electrons. The van der Waals surface area contributed by atoms with E-state index in [4.69, 9.17) is 23.2 Å². The van der Waals surface area contributed by atoms with Crippen molar-refractivity contribution < 1.29 is 4.79 Å². The quantitative estimate of drug-likeness (QED) is 0.879. The average molecular weight is 379 g/mol. The Balaban J connectivity index is 1.66. The molecular weight excluding hydrogens is 359 g/mol.